The number of carbonyl (C=O) groups is 2. The molecule has 0 fully saturated rings. The van der Waals surface area contributed by atoms with E-state index in [0.29, 0.717) is 6.42 Å². The zero-order valence-corrected chi connectivity index (χ0v) is 5.33. The summed E-state index contributed by atoms with van der Waals surface area (Å²) >= 11 is 0. The van der Waals surface area contributed by atoms with Gasteiger partial charge in [-0.2, -0.15) is 0 Å². The topological polar surface area (TPSA) is 54.4 Å². The maximum Gasteiger partial charge on any atom is 0.303 e. The summed E-state index contributed by atoms with van der Waals surface area (Å²) in [5.41, 5.74) is 0. The number of carboxylic acid groups (broad SMARTS) is 1. The van der Waals surface area contributed by atoms with Crippen molar-refractivity contribution in [3.63, 3.8) is 0 Å². The third-order valence-corrected chi connectivity index (χ3v) is 1.05. The summed E-state index contributed by atoms with van der Waals surface area (Å²) in [4.78, 5) is 19.8. The van der Waals surface area contributed by atoms with Gasteiger partial charge >= 0.3 is 5.97 Å². The fourth-order valence-electron chi connectivity index (χ4n) is 0.419. The van der Waals surface area contributed by atoms with Crippen molar-refractivity contribution in [2.45, 2.75) is 19.8 Å². The molecule has 52 valence electrons. The summed E-state index contributed by atoms with van der Waals surface area (Å²) in [6, 6.07) is 0. The van der Waals surface area contributed by atoms with Crippen molar-refractivity contribution in [1.29, 1.82) is 0 Å². The van der Waals surface area contributed by atoms with E-state index in [1.54, 1.807) is 6.92 Å². The van der Waals surface area contributed by atoms with Gasteiger partial charge in [0, 0.05) is 12.3 Å². The summed E-state index contributed by atoms with van der Waals surface area (Å²) in [5.74, 6) is -0.968. The largest absolute Gasteiger partial charge is 0.481 e. The van der Waals surface area contributed by atoms with Crippen LogP contribution >= 0.6 is 0 Å². The molecule has 0 aliphatic rings. The second-order valence-electron chi connectivity index (χ2n) is 2.05. The van der Waals surface area contributed by atoms with Crippen LogP contribution in [0.15, 0.2) is 0 Å². The van der Waals surface area contributed by atoms with Gasteiger partial charge in [-0.3, -0.25) is 4.79 Å². The molecule has 0 amide bonds. The Morgan fingerprint density at radius 1 is 1.78 bits per heavy atom. The zero-order chi connectivity index (χ0) is 7.28. The first-order valence-corrected chi connectivity index (χ1v) is 2.84. The van der Waals surface area contributed by atoms with Gasteiger partial charge in [0.15, 0.2) is 0 Å². The van der Waals surface area contributed by atoms with E-state index >= 15 is 0 Å². The van der Waals surface area contributed by atoms with Crippen LogP contribution in [0.1, 0.15) is 19.8 Å². The van der Waals surface area contributed by atoms with Crippen molar-refractivity contribution in [3.8, 4) is 0 Å². The molecular formula is C6H10O3. The Kier molecular flexibility index (Phi) is 3.67. The lowest BCUT2D eigenvalue weighted by Crippen LogP contribution is -2.01. The van der Waals surface area contributed by atoms with Crippen molar-refractivity contribution in [2.24, 2.45) is 5.92 Å². The van der Waals surface area contributed by atoms with Crippen LogP contribution in [0.5, 0.6) is 0 Å². The van der Waals surface area contributed by atoms with Crippen LogP contribution in [0.2, 0.25) is 0 Å². The Bertz CT molecular complexity index is 109. The van der Waals surface area contributed by atoms with Crippen molar-refractivity contribution in [1.82, 2.24) is 0 Å². The van der Waals surface area contributed by atoms with Crippen LogP contribution < -0.4 is 0 Å². The molecule has 3 heteroatoms. The summed E-state index contributed by atoms with van der Waals surface area (Å²) in [6.45, 7) is 1.70. The van der Waals surface area contributed by atoms with Gasteiger partial charge in [0.25, 0.3) is 0 Å². The molecule has 1 atom stereocenters. The minimum absolute atomic E-state index is 0.0832. The van der Waals surface area contributed by atoms with E-state index in [1.807, 2.05) is 0 Å². The standard InChI is InChI=1S/C6H10O3/c1-5(4-7)2-3-6(8)9/h4-5H,2-3H2,1H3,(H,8,9). The molecule has 0 saturated heterocycles. The molecule has 0 rings (SSSR count). The Morgan fingerprint density at radius 2 is 2.33 bits per heavy atom. The monoisotopic (exact) mass is 130 g/mol. The number of carboxylic acids is 1. The molecule has 9 heavy (non-hydrogen) atoms. The number of carbonyl (C=O) groups excluding carboxylic acids is 1. The first-order chi connectivity index (χ1) is 4.16. The van der Waals surface area contributed by atoms with Crippen LogP contribution in [-0.4, -0.2) is 17.4 Å². The highest BCUT2D eigenvalue weighted by Crippen LogP contribution is 2.00. The third kappa shape index (κ3) is 5.00. The van der Waals surface area contributed by atoms with E-state index in [-0.39, 0.29) is 12.3 Å². The van der Waals surface area contributed by atoms with Gasteiger partial charge in [0.05, 0.1) is 0 Å². The fourth-order valence-corrected chi connectivity index (χ4v) is 0.419. The lowest BCUT2D eigenvalue weighted by molar-refractivity contribution is -0.137. The lowest BCUT2D eigenvalue weighted by Gasteiger charge is -1.96. The second kappa shape index (κ2) is 4.06. The van der Waals surface area contributed by atoms with Gasteiger partial charge in [-0.1, -0.05) is 6.92 Å². The number of hydrogen-bond donors (Lipinski definition) is 1. The predicted octanol–water partition coefficient (Wildman–Crippen LogP) is 0.686. The average Bonchev–Trinajstić information content (AvgIpc) is 1.83. The van der Waals surface area contributed by atoms with Gasteiger partial charge in [-0.15, -0.1) is 0 Å². The number of hydrogen-bond acceptors (Lipinski definition) is 2. The molecule has 1 unspecified atom stereocenters. The summed E-state index contributed by atoms with van der Waals surface area (Å²) in [7, 11) is 0. The van der Waals surface area contributed by atoms with Crippen LogP contribution in [0.4, 0.5) is 0 Å². The molecule has 1 N–H and O–H groups in total. The normalized spacial score (nSPS) is 12.6. The van der Waals surface area contributed by atoms with Crippen molar-refractivity contribution in [3.05, 3.63) is 0 Å². The van der Waals surface area contributed by atoms with E-state index in [1.165, 1.54) is 0 Å². The van der Waals surface area contributed by atoms with E-state index in [2.05, 4.69) is 0 Å². The Balaban J connectivity index is 3.26. The van der Waals surface area contributed by atoms with Crippen LogP contribution in [0.25, 0.3) is 0 Å². The summed E-state index contributed by atoms with van der Waals surface area (Å²) in [6.07, 6.45) is 1.29. The van der Waals surface area contributed by atoms with Crippen molar-refractivity contribution in [2.75, 3.05) is 0 Å². The first-order valence-electron chi connectivity index (χ1n) is 2.84. The highest BCUT2D eigenvalue weighted by Gasteiger charge is 2.02. The van der Waals surface area contributed by atoms with Gasteiger partial charge in [-0.25, -0.2) is 0 Å². The van der Waals surface area contributed by atoms with Crippen LogP contribution in [0.3, 0.4) is 0 Å². The molecule has 0 aromatic heterocycles. The van der Waals surface area contributed by atoms with Crippen molar-refractivity contribution >= 4 is 12.3 Å². The molecule has 0 aliphatic heterocycles. The Hall–Kier alpha value is -0.860. The minimum atomic E-state index is -0.844. The molecular weight excluding hydrogens is 120 g/mol. The maximum absolute atomic E-state index is 9.92. The number of aliphatic carboxylic acids is 1. The Labute approximate surface area is 53.7 Å². The van der Waals surface area contributed by atoms with Gasteiger partial charge < -0.3 is 9.90 Å². The fraction of sp³-hybridized carbons (Fsp3) is 0.667. The molecule has 0 spiro atoms. The van der Waals surface area contributed by atoms with E-state index < -0.39 is 5.97 Å². The maximum atomic E-state index is 9.92. The summed E-state index contributed by atoms with van der Waals surface area (Å²) < 4.78 is 0. The predicted molar refractivity (Wildman–Crippen MR) is 32.1 cm³/mol. The molecule has 0 radical (unpaired) electrons. The minimum Gasteiger partial charge on any atom is -0.481 e. The second-order valence-corrected chi connectivity index (χ2v) is 2.05. The number of aldehydes is 1. The van der Waals surface area contributed by atoms with Crippen LogP contribution in [-0.2, 0) is 9.59 Å². The average molecular weight is 130 g/mol. The lowest BCUT2D eigenvalue weighted by atomic mass is 10.1. The quantitative estimate of drug-likeness (QED) is 0.569. The van der Waals surface area contributed by atoms with E-state index in [4.69, 9.17) is 5.11 Å². The third-order valence-electron chi connectivity index (χ3n) is 1.05. The molecule has 0 saturated carbocycles. The first kappa shape index (κ1) is 8.14. The molecule has 0 bridgehead atoms. The zero-order valence-electron chi connectivity index (χ0n) is 5.33. The molecule has 0 heterocycles. The van der Waals surface area contributed by atoms with Gasteiger partial charge in [0.1, 0.15) is 6.29 Å². The van der Waals surface area contributed by atoms with E-state index in [0.717, 1.165) is 6.29 Å². The SMILES string of the molecule is CC(C=O)CCC(=O)O. The summed E-state index contributed by atoms with van der Waals surface area (Å²) in [5, 5.41) is 8.14. The molecule has 0 aromatic carbocycles. The Morgan fingerprint density at radius 3 is 2.67 bits per heavy atom. The van der Waals surface area contributed by atoms with Crippen LogP contribution in [0, 0.1) is 5.92 Å². The number of rotatable bonds is 4. The van der Waals surface area contributed by atoms with Gasteiger partial charge in [0.2, 0.25) is 0 Å². The highest BCUT2D eigenvalue weighted by molar-refractivity contribution is 5.67. The smallest absolute Gasteiger partial charge is 0.303 e. The van der Waals surface area contributed by atoms with Gasteiger partial charge in [-0.05, 0) is 6.42 Å². The van der Waals surface area contributed by atoms with E-state index in [9.17, 15) is 9.59 Å². The highest BCUT2D eigenvalue weighted by atomic mass is 16.4. The van der Waals surface area contributed by atoms with Crippen molar-refractivity contribution < 1.29 is 14.7 Å². The molecule has 0 aromatic rings. The molecule has 0 aliphatic carbocycles. The molecule has 3 nitrogen and oxygen atoms in total.